The fourth-order valence-corrected chi connectivity index (χ4v) is 3.46. The summed E-state index contributed by atoms with van der Waals surface area (Å²) in [6, 6.07) is 6.21. The van der Waals surface area contributed by atoms with E-state index in [1.807, 2.05) is 23.9 Å². The third-order valence-electron chi connectivity index (χ3n) is 3.23. The summed E-state index contributed by atoms with van der Waals surface area (Å²) >= 11 is 7.92. The van der Waals surface area contributed by atoms with Crippen molar-refractivity contribution in [1.29, 1.82) is 0 Å². The Bertz CT molecular complexity index is 479. The second-order valence-electron chi connectivity index (χ2n) is 5.45. The Hall–Kier alpha value is -0.710. The van der Waals surface area contributed by atoms with Crippen molar-refractivity contribution in [3.8, 4) is 0 Å². The molecule has 1 heterocycles. The van der Waals surface area contributed by atoms with Crippen LogP contribution in [-0.2, 0) is 4.79 Å². The molecule has 0 fully saturated rings. The summed E-state index contributed by atoms with van der Waals surface area (Å²) in [5.74, 6) is 1.60. The summed E-state index contributed by atoms with van der Waals surface area (Å²) in [5.41, 5.74) is 1.21. The molecule has 0 saturated carbocycles. The molecule has 20 heavy (non-hydrogen) atoms. The molecule has 1 aromatic carbocycles. The predicted molar refractivity (Wildman–Crippen MR) is 85.4 cm³/mol. The van der Waals surface area contributed by atoms with Gasteiger partial charge in [0.05, 0.1) is 6.54 Å². The minimum atomic E-state index is 0.0560. The number of nitrogens with one attached hydrogen (secondary N) is 2. The van der Waals surface area contributed by atoms with Gasteiger partial charge in [-0.3, -0.25) is 4.79 Å². The standard InChI is InChI=1S/C15H21ClN2OS/c1-10(2)8-18-15(19)9-17-13-5-6-20-14-4-3-11(16)7-12(13)14/h3-4,7,10,13,17H,5-6,8-9H2,1-2H3,(H,18,19). The van der Waals surface area contributed by atoms with Crippen LogP contribution in [0.15, 0.2) is 23.1 Å². The Balaban J connectivity index is 1.91. The van der Waals surface area contributed by atoms with E-state index in [4.69, 9.17) is 11.6 Å². The van der Waals surface area contributed by atoms with Crippen LogP contribution in [0.1, 0.15) is 31.9 Å². The molecular weight excluding hydrogens is 292 g/mol. The fourth-order valence-electron chi connectivity index (χ4n) is 2.17. The van der Waals surface area contributed by atoms with Crippen molar-refractivity contribution in [3.63, 3.8) is 0 Å². The molecule has 1 amide bonds. The van der Waals surface area contributed by atoms with Gasteiger partial charge >= 0.3 is 0 Å². The molecule has 3 nitrogen and oxygen atoms in total. The average Bonchev–Trinajstić information content (AvgIpc) is 2.42. The van der Waals surface area contributed by atoms with Crippen LogP contribution in [0, 0.1) is 5.92 Å². The molecule has 0 saturated heterocycles. The molecule has 1 aliphatic heterocycles. The molecule has 0 bridgehead atoms. The number of amides is 1. The van der Waals surface area contributed by atoms with E-state index >= 15 is 0 Å². The number of hydrogen-bond donors (Lipinski definition) is 2. The maximum absolute atomic E-state index is 11.8. The number of carbonyl (C=O) groups excluding carboxylic acids is 1. The zero-order valence-electron chi connectivity index (χ0n) is 11.9. The van der Waals surface area contributed by atoms with Crippen molar-refractivity contribution in [1.82, 2.24) is 10.6 Å². The third kappa shape index (κ3) is 4.40. The van der Waals surface area contributed by atoms with Gasteiger partial charge in [-0.15, -0.1) is 11.8 Å². The van der Waals surface area contributed by atoms with Crippen LogP contribution in [0.4, 0.5) is 0 Å². The Kier molecular flexibility index (Phi) is 5.75. The van der Waals surface area contributed by atoms with Gasteiger partial charge in [-0.05, 0) is 41.9 Å². The molecule has 2 rings (SSSR count). The Morgan fingerprint density at radius 1 is 1.50 bits per heavy atom. The minimum Gasteiger partial charge on any atom is -0.355 e. The molecule has 5 heteroatoms. The number of benzene rings is 1. The van der Waals surface area contributed by atoms with Crippen LogP contribution >= 0.6 is 23.4 Å². The van der Waals surface area contributed by atoms with Gasteiger partial charge < -0.3 is 10.6 Å². The topological polar surface area (TPSA) is 41.1 Å². The molecule has 0 spiro atoms. The largest absolute Gasteiger partial charge is 0.355 e. The molecule has 0 aromatic heterocycles. The SMILES string of the molecule is CC(C)CNC(=O)CNC1CCSc2ccc(Cl)cc21. The molecule has 0 radical (unpaired) electrons. The number of thioether (sulfide) groups is 1. The van der Waals surface area contributed by atoms with E-state index in [2.05, 4.69) is 30.5 Å². The van der Waals surface area contributed by atoms with Crippen molar-refractivity contribution in [3.05, 3.63) is 28.8 Å². The third-order valence-corrected chi connectivity index (χ3v) is 4.59. The van der Waals surface area contributed by atoms with Crippen molar-refractivity contribution in [2.24, 2.45) is 5.92 Å². The van der Waals surface area contributed by atoms with Gasteiger partial charge in [-0.1, -0.05) is 25.4 Å². The number of halogens is 1. The van der Waals surface area contributed by atoms with E-state index in [9.17, 15) is 4.79 Å². The number of carbonyl (C=O) groups is 1. The van der Waals surface area contributed by atoms with Gasteiger partial charge in [0.2, 0.25) is 5.91 Å². The molecule has 2 N–H and O–H groups in total. The van der Waals surface area contributed by atoms with Crippen molar-refractivity contribution >= 4 is 29.3 Å². The van der Waals surface area contributed by atoms with Crippen molar-refractivity contribution in [2.75, 3.05) is 18.8 Å². The summed E-state index contributed by atoms with van der Waals surface area (Å²) in [7, 11) is 0. The summed E-state index contributed by atoms with van der Waals surface area (Å²) in [4.78, 5) is 13.0. The first-order chi connectivity index (χ1) is 9.56. The monoisotopic (exact) mass is 312 g/mol. The van der Waals surface area contributed by atoms with E-state index in [-0.39, 0.29) is 11.9 Å². The smallest absolute Gasteiger partial charge is 0.233 e. The maximum atomic E-state index is 11.8. The van der Waals surface area contributed by atoms with Crippen LogP contribution in [-0.4, -0.2) is 24.7 Å². The average molecular weight is 313 g/mol. The van der Waals surface area contributed by atoms with Crippen LogP contribution in [0.3, 0.4) is 0 Å². The van der Waals surface area contributed by atoms with Gasteiger partial charge in [-0.2, -0.15) is 0 Å². The number of hydrogen-bond acceptors (Lipinski definition) is 3. The Morgan fingerprint density at radius 3 is 3.05 bits per heavy atom. The lowest BCUT2D eigenvalue weighted by atomic mass is 10.0. The normalized spacial score (nSPS) is 17.9. The summed E-state index contributed by atoms with van der Waals surface area (Å²) in [6.45, 7) is 5.26. The highest BCUT2D eigenvalue weighted by atomic mass is 35.5. The molecular formula is C15H21ClN2OS. The quantitative estimate of drug-likeness (QED) is 0.877. The highest BCUT2D eigenvalue weighted by molar-refractivity contribution is 7.99. The minimum absolute atomic E-state index is 0.0560. The first-order valence-corrected chi connectivity index (χ1v) is 8.35. The van der Waals surface area contributed by atoms with Crippen LogP contribution in [0.5, 0.6) is 0 Å². The van der Waals surface area contributed by atoms with E-state index in [1.165, 1.54) is 10.5 Å². The second-order valence-corrected chi connectivity index (χ2v) is 7.02. The Morgan fingerprint density at radius 2 is 2.30 bits per heavy atom. The number of fused-ring (bicyclic) bond motifs is 1. The predicted octanol–water partition coefficient (Wildman–Crippen LogP) is 3.24. The molecule has 1 unspecified atom stereocenters. The molecule has 0 aliphatic carbocycles. The van der Waals surface area contributed by atoms with Gasteiger partial charge in [-0.25, -0.2) is 0 Å². The highest BCUT2D eigenvalue weighted by Gasteiger charge is 2.21. The zero-order valence-corrected chi connectivity index (χ0v) is 13.5. The Labute approximate surface area is 129 Å². The van der Waals surface area contributed by atoms with Crippen molar-refractivity contribution < 1.29 is 4.79 Å². The van der Waals surface area contributed by atoms with Crippen molar-refractivity contribution in [2.45, 2.75) is 31.2 Å². The lowest BCUT2D eigenvalue weighted by molar-refractivity contribution is -0.120. The van der Waals surface area contributed by atoms with Crippen LogP contribution < -0.4 is 10.6 Å². The zero-order chi connectivity index (χ0) is 14.5. The van der Waals surface area contributed by atoms with Gasteiger partial charge in [0.15, 0.2) is 0 Å². The van der Waals surface area contributed by atoms with Gasteiger partial charge in [0.25, 0.3) is 0 Å². The first-order valence-electron chi connectivity index (χ1n) is 6.98. The van der Waals surface area contributed by atoms with Crippen LogP contribution in [0.25, 0.3) is 0 Å². The summed E-state index contributed by atoms with van der Waals surface area (Å²) < 4.78 is 0. The molecule has 110 valence electrons. The van der Waals surface area contributed by atoms with Gasteiger partial charge in [0, 0.05) is 22.5 Å². The molecule has 1 aromatic rings. The van der Waals surface area contributed by atoms with E-state index in [1.54, 1.807) is 0 Å². The fraction of sp³-hybridized carbons (Fsp3) is 0.533. The highest BCUT2D eigenvalue weighted by Crippen LogP contribution is 2.37. The summed E-state index contributed by atoms with van der Waals surface area (Å²) in [6.07, 6.45) is 1.02. The maximum Gasteiger partial charge on any atom is 0.233 e. The second kappa shape index (κ2) is 7.34. The van der Waals surface area contributed by atoms with E-state index in [0.717, 1.165) is 23.7 Å². The lowest BCUT2D eigenvalue weighted by Gasteiger charge is -2.26. The summed E-state index contributed by atoms with van der Waals surface area (Å²) in [5, 5.41) is 7.02. The first kappa shape index (κ1) is 15.7. The van der Waals surface area contributed by atoms with Crippen LogP contribution in [0.2, 0.25) is 5.02 Å². The molecule has 1 atom stereocenters. The van der Waals surface area contributed by atoms with Gasteiger partial charge in [0.1, 0.15) is 0 Å². The molecule has 1 aliphatic rings. The van der Waals surface area contributed by atoms with E-state index in [0.29, 0.717) is 12.5 Å². The lowest BCUT2D eigenvalue weighted by Crippen LogP contribution is -2.38. The van der Waals surface area contributed by atoms with E-state index < -0.39 is 0 Å². The number of rotatable bonds is 5.